The molecule has 21 heavy (non-hydrogen) atoms. The molecule has 0 amide bonds. The van der Waals surface area contributed by atoms with Gasteiger partial charge in [-0.15, -0.1) is 11.6 Å². The van der Waals surface area contributed by atoms with Gasteiger partial charge in [0.25, 0.3) is 0 Å². The van der Waals surface area contributed by atoms with Crippen LogP contribution in [0.25, 0.3) is 0 Å². The van der Waals surface area contributed by atoms with Crippen molar-refractivity contribution in [1.82, 2.24) is 0 Å². The van der Waals surface area contributed by atoms with Crippen molar-refractivity contribution in [3.63, 3.8) is 0 Å². The summed E-state index contributed by atoms with van der Waals surface area (Å²) in [4.78, 5) is 0. The van der Waals surface area contributed by atoms with E-state index in [1.165, 1.54) is 32.1 Å². The van der Waals surface area contributed by atoms with Crippen LogP contribution < -0.4 is 0 Å². The molecule has 1 unspecified atom stereocenters. The molecule has 0 nitrogen and oxygen atoms in total. The zero-order chi connectivity index (χ0) is 15.3. The molecule has 0 N–H and O–H groups in total. The third-order valence-corrected chi connectivity index (χ3v) is 4.88. The molecule has 118 valence electrons. The summed E-state index contributed by atoms with van der Waals surface area (Å²) in [7, 11) is 0. The lowest BCUT2D eigenvalue weighted by molar-refractivity contribution is -0.137. The Bertz CT molecular complexity index is 417. The molecule has 0 saturated heterocycles. The largest absolute Gasteiger partial charge is 0.416 e. The van der Waals surface area contributed by atoms with Crippen molar-refractivity contribution in [3.05, 3.63) is 35.4 Å². The number of alkyl halides is 4. The van der Waals surface area contributed by atoms with Crippen LogP contribution in [0.4, 0.5) is 13.2 Å². The molecule has 4 heteroatoms. The predicted octanol–water partition coefficient (Wildman–Crippen LogP) is 6.22. The van der Waals surface area contributed by atoms with Crippen LogP contribution >= 0.6 is 11.6 Å². The Labute approximate surface area is 129 Å². The van der Waals surface area contributed by atoms with E-state index >= 15 is 0 Å². The number of hydrogen-bond acceptors (Lipinski definition) is 0. The summed E-state index contributed by atoms with van der Waals surface area (Å²) in [6, 6.07) is 5.41. The maximum atomic E-state index is 12.5. The fraction of sp³-hybridized carbons (Fsp3) is 0.647. The van der Waals surface area contributed by atoms with Crippen molar-refractivity contribution < 1.29 is 13.2 Å². The minimum absolute atomic E-state index is 0.0276. The topological polar surface area (TPSA) is 0 Å². The second-order valence-electron chi connectivity index (χ2n) is 6.02. The number of hydrogen-bond donors (Lipinski definition) is 0. The lowest BCUT2D eigenvalue weighted by atomic mass is 9.86. The summed E-state index contributed by atoms with van der Waals surface area (Å²) in [5.41, 5.74) is 0.299. The number of benzene rings is 1. The van der Waals surface area contributed by atoms with Crippen molar-refractivity contribution >= 4 is 11.6 Å². The molecular weight excluding hydrogens is 297 g/mol. The molecule has 0 aliphatic heterocycles. The van der Waals surface area contributed by atoms with Gasteiger partial charge in [0.05, 0.1) is 5.56 Å². The van der Waals surface area contributed by atoms with Gasteiger partial charge in [-0.25, -0.2) is 0 Å². The molecule has 0 bridgehead atoms. The fourth-order valence-electron chi connectivity index (χ4n) is 3.07. The predicted molar refractivity (Wildman–Crippen MR) is 80.6 cm³/mol. The van der Waals surface area contributed by atoms with E-state index in [1.807, 2.05) is 0 Å². The molecule has 1 saturated carbocycles. The molecule has 1 aliphatic carbocycles. The highest BCUT2D eigenvalue weighted by atomic mass is 35.5. The summed E-state index contributed by atoms with van der Waals surface area (Å²) >= 11 is 6.53. The molecular formula is C17H22ClF3. The second-order valence-corrected chi connectivity index (χ2v) is 6.58. The number of halogens is 4. The monoisotopic (exact) mass is 318 g/mol. The van der Waals surface area contributed by atoms with Crippen LogP contribution in [-0.2, 0) is 12.6 Å². The van der Waals surface area contributed by atoms with Crippen molar-refractivity contribution in [2.75, 3.05) is 0 Å². The highest BCUT2D eigenvalue weighted by molar-refractivity contribution is 6.20. The molecule has 0 spiro atoms. The van der Waals surface area contributed by atoms with E-state index in [1.54, 1.807) is 12.1 Å². The van der Waals surface area contributed by atoms with Crippen LogP contribution in [0.5, 0.6) is 0 Å². The number of rotatable bonds is 3. The average Bonchev–Trinajstić information content (AvgIpc) is 2.37. The first-order chi connectivity index (χ1) is 9.97. The standard InChI is InChI=1S/C17H22ClF3/c18-16(14-6-4-2-1-3-5-7-14)12-13-8-10-15(11-9-13)17(19,20)21/h8-11,14,16H,1-7,12H2. The molecule has 1 fully saturated rings. The van der Waals surface area contributed by atoms with Crippen LogP contribution in [0.2, 0.25) is 0 Å². The molecule has 1 atom stereocenters. The van der Waals surface area contributed by atoms with Gasteiger partial charge in [-0.05, 0) is 42.9 Å². The van der Waals surface area contributed by atoms with Gasteiger partial charge in [0.1, 0.15) is 0 Å². The van der Waals surface area contributed by atoms with E-state index < -0.39 is 11.7 Å². The lowest BCUT2D eigenvalue weighted by Gasteiger charge is -2.24. The van der Waals surface area contributed by atoms with Crippen LogP contribution in [0, 0.1) is 5.92 Å². The van der Waals surface area contributed by atoms with E-state index in [9.17, 15) is 13.2 Å². The van der Waals surface area contributed by atoms with Gasteiger partial charge in [-0.2, -0.15) is 13.2 Å². The zero-order valence-corrected chi connectivity index (χ0v) is 12.9. The SMILES string of the molecule is FC(F)(F)c1ccc(CC(Cl)C2CCCCCCC2)cc1. The van der Waals surface area contributed by atoms with E-state index in [4.69, 9.17) is 11.6 Å². The third kappa shape index (κ3) is 5.21. The summed E-state index contributed by atoms with van der Waals surface area (Å²) in [6.07, 6.45) is 5.01. The van der Waals surface area contributed by atoms with E-state index in [0.717, 1.165) is 30.5 Å². The van der Waals surface area contributed by atoms with Gasteiger partial charge in [0, 0.05) is 5.38 Å². The Morgan fingerprint density at radius 2 is 1.48 bits per heavy atom. The fourth-order valence-corrected chi connectivity index (χ4v) is 3.50. The molecule has 2 rings (SSSR count). The highest BCUT2D eigenvalue weighted by Gasteiger charge is 2.30. The van der Waals surface area contributed by atoms with Gasteiger partial charge >= 0.3 is 6.18 Å². The van der Waals surface area contributed by atoms with E-state index in [2.05, 4.69) is 0 Å². The van der Waals surface area contributed by atoms with Gasteiger partial charge < -0.3 is 0 Å². The molecule has 0 radical (unpaired) electrons. The maximum Gasteiger partial charge on any atom is 0.416 e. The van der Waals surface area contributed by atoms with Gasteiger partial charge in [-0.3, -0.25) is 0 Å². The first kappa shape index (κ1) is 16.7. The first-order valence-electron chi connectivity index (χ1n) is 7.77. The van der Waals surface area contributed by atoms with Crippen molar-refractivity contribution in [3.8, 4) is 0 Å². The minimum atomic E-state index is -4.27. The molecule has 0 heterocycles. The Hall–Kier alpha value is -0.700. The Morgan fingerprint density at radius 1 is 0.952 bits per heavy atom. The molecule has 1 aromatic rings. The van der Waals surface area contributed by atoms with Gasteiger partial charge in [-0.1, -0.05) is 44.2 Å². The van der Waals surface area contributed by atoms with Crippen molar-refractivity contribution in [1.29, 1.82) is 0 Å². The zero-order valence-electron chi connectivity index (χ0n) is 12.1. The summed E-state index contributed by atoms with van der Waals surface area (Å²) in [5, 5.41) is 0.0276. The normalized spacial score (nSPS) is 19.8. The van der Waals surface area contributed by atoms with E-state index in [-0.39, 0.29) is 5.38 Å². The van der Waals surface area contributed by atoms with Gasteiger partial charge in [0.15, 0.2) is 0 Å². The van der Waals surface area contributed by atoms with Crippen LogP contribution in [-0.4, -0.2) is 5.38 Å². The lowest BCUT2D eigenvalue weighted by Crippen LogP contribution is -2.19. The van der Waals surface area contributed by atoms with Crippen LogP contribution in [0.3, 0.4) is 0 Å². The van der Waals surface area contributed by atoms with Crippen LogP contribution in [0.1, 0.15) is 56.1 Å². The van der Waals surface area contributed by atoms with E-state index in [0.29, 0.717) is 12.3 Å². The van der Waals surface area contributed by atoms with Crippen LogP contribution in [0.15, 0.2) is 24.3 Å². The van der Waals surface area contributed by atoms with Crippen molar-refractivity contribution in [2.45, 2.75) is 62.9 Å². The maximum absolute atomic E-state index is 12.5. The smallest absolute Gasteiger partial charge is 0.166 e. The first-order valence-corrected chi connectivity index (χ1v) is 8.20. The summed E-state index contributed by atoms with van der Waals surface area (Å²) < 4.78 is 37.6. The Kier molecular flexibility index (Phi) is 5.98. The molecule has 1 aromatic carbocycles. The molecule has 1 aliphatic rings. The Morgan fingerprint density at radius 3 is 2.00 bits per heavy atom. The highest BCUT2D eigenvalue weighted by Crippen LogP contribution is 2.31. The molecule has 0 aromatic heterocycles. The summed E-state index contributed by atoms with van der Waals surface area (Å²) in [6.45, 7) is 0. The quantitative estimate of drug-likeness (QED) is 0.581. The summed E-state index contributed by atoms with van der Waals surface area (Å²) in [5.74, 6) is 0.495. The second kappa shape index (κ2) is 7.53. The Balaban J connectivity index is 1.93. The van der Waals surface area contributed by atoms with Crippen molar-refractivity contribution in [2.24, 2.45) is 5.92 Å². The van der Waals surface area contributed by atoms with Gasteiger partial charge in [0.2, 0.25) is 0 Å². The third-order valence-electron chi connectivity index (χ3n) is 4.37. The average molecular weight is 319 g/mol. The minimum Gasteiger partial charge on any atom is -0.166 e.